The van der Waals surface area contributed by atoms with Crippen LogP contribution < -0.4 is 10.2 Å². The molecule has 2 aromatic heterocycles. The highest BCUT2D eigenvalue weighted by Crippen LogP contribution is 2.31. The first kappa shape index (κ1) is 21.5. The molecule has 1 saturated carbocycles. The number of fused-ring (bicyclic) bond motifs is 1. The highest BCUT2D eigenvalue weighted by Gasteiger charge is 2.25. The van der Waals surface area contributed by atoms with Crippen molar-refractivity contribution in [1.82, 2.24) is 10.2 Å². The monoisotopic (exact) mass is 451 g/mol. The number of carbonyl (C=O) groups excluding carboxylic acids is 1. The van der Waals surface area contributed by atoms with E-state index < -0.39 is 0 Å². The molecule has 32 heavy (non-hydrogen) atoms. The number of hydrogen-bond donors (Lipinski definition) is 1. The van der Waals surface area contributed by atoms with Crippen molar-refractivity contribution in [3.8, 4) is 0 Å². The fraction of sp³-hybridized carbons (Fsp3) is 0.500. The van der Waals surface area contributed by atoms with Crippen LogP contribution in [0.4, 0.5) is 5.69 Å². The number of nitrogens with zero attached hydrogens (tertiary/aromatic N) is 2. The van der Waals surface area contributed by atoms with Crippen molar-refractivity contribution in [2.75, 3.05) is 37.6 Å². The van der Waals surface area contributed by atoms with Crippen LogP contribution in [-0.2, 0) is 0 Å². The number of piperazine rings is 1. The first-order valence-electron chi connectivity index (χ1n) is 12.0. The van der Waals surface area contributed by atoms with E-state index in [9.17, 15) is 4.79 Å². The van der Waals surface area contributed by atoms with Gasteiger partial charge in [-0.25, -0.2) is 0 Å². The predicted octanol–water partition coefficient (Wildman–Crippen LogP) is 5.30. The minimum absolute atomic E-state index is 0.0717. The van der Waals surface area contributed by atoms with Crippen molar-refractivity contribution in [2.45, 2.75) is 45.1 Å². The lowest BCUT2D eigenvalue weighted by Gasteiger charge is -2.37. The zero-order chi connectivity index (χ0) is 21.9. The van der Waals surface area contributed by atoms with Crippen molar-refractivity contribution >= 4 is 33.0 Å². The number of aryl methyl sites for hydroxylation is 1. The van der Waals surface area contributed by atoms with E-state index in [1.54, 1.807) is 6.07 Å². The third kappa shape index (κ3) is 4.86. The maximum Gasteiger partial charge on any atom is 0.287 e. The van der Waals surface area contributed by atoms with Crippen LogP contribution in [0.5, 0.6) is 0 Å². The van der Waals surface area contributed by atoms with Gasteiger partial charge in [-0.2, -0.15) is 0 Å². The minimum Gasteiger partial charge on any atom is -0.456 e. The molecule has 5 nitrogen and oxygen atoms in total. The molecule has 1 N–H and O–H groups in total. The van der Waals surface area contributed by atoms with E-state index >= 15 is 0 Å². The standard InChI is InChI=1S/C26H33N3O2S/c1-19-5-10-24(31-19)26(30)27-21-8-6-20(7-9-21)11-13-28-14-16-29(17-15-28)23-3-2-4-25-22(23)12-18-32-25/h2-5,10,12,18,20-21H,6-9,11,13-17H2,1H3,(H,27,30)/t20-,21-. The molecule has 0 bridgehead atoms. The predicted molar refractivity (Wildman–Crippen MR) is 132 cm³/mol. The first-order chi connectivity index (χ1) is 15.7. The quantitative estimate of drug-likeness (QED) is 0.552. The highest BCUT2D eigenvalue weighted by atomic mass is 32.1. The van der Waals surface area contributed by atoms with E-state index in [2.05, 4.69) is 44.8 Å². The number of hydrogen-bond acceptors (Lipinski definition) is 5. The Morgan fingerprint density at radius 1 is 1.06 bits per heavy atom. The Balaban J connectivity index is 1.03. The normalized spacial score (nSPS) is 22.3. The molecule has 1 saturated heterocycles. The molecule has 0 atom stereocenters. The minimum atomic E-state index is -0.0717. The molecule has 6 heteroatoms. The Hall–Kier alpha value is -2.31. The number of anilines is 1. The van der Waals surface area contributed by atoms with Gasteiger partial charge >= 0.3 is 0 Å². The summed E-state index contributed by atoms with van der Waals surface area (Å²) in [5.41, 5.74) is 1.40. The van der Waals surface area contributed by atoms with Crippen LogP contribution in [0.15, 0.2) is 46.2 Å². The van der Waals surface area contributed by atoms with Crippen molar-refractivity contribution in [1.29, 1.82) is 0 Å². The van der Waals surface area contributed by atoms with Crippen LogP contribution in [-0.4, -0.2) is 49.6 Å². The summed E-state index contributed by atoms with van der Waals surface area (Å²) in [7, 11) is 0. The Morgan fingerprint density at radius 3 is 2.62 bits per heavy atom. The fourth-order valence-corrected chi connectivity index (χ4v) is 6.05. The third-order valence-electron chi connectivity index (χ3n) is 7.19. The van der Waals surface area contributed by atoms with Crippen LogP contribution in [0.3, 0.4) is 0 Å². The Kier molecular flexibility index (Phi) is 6.51. The van der Waals surface area contributed by atoms with Gasteiger partial charge in [-0.15, -0.1) is 11.3 Å². The Labute approximate surface area is 194 Å². The lowest BCUT2D eigenvalue weighted by atomic mass is 9.84. The van der Waals surface area contributed by atoms with Crippen molar-refractivity contribution in [2.24, 2.45) is 5.92 Å². The first-order valence-corrected chi connectivity index (χ1v) is 12.8. The summed E-state index contributed by atoms with van der Waals surface area (Å²) in [5.74, 6) is 1.92. The van der Waals surface area contributed by atoms with Gasteiger partial charge in [-0.1, -0.05) is 6.07 Å². The van der Waals surface area contributed by atoms with Gasteiger partial charge in [0.25, 0.3) is 5.91 Å². The van der Waals surface area contributed by atoms with E-state index in [1.807, 2.05) is 24.3 Å². The van der Waals surface area contributed by atoms with E-state index in [1.165, 1.54) is 41.6 Å². The maximum atomic E-state index is 12.3. The third-order valence-corrected chi connectivity index (χ3v) is 8.07. The summed E-state index contributed by atoms with van der Waals surface area (Å²) < 4.78 is 6.83. The van der Waals surface area contributed by atoms with Gasteiger partial charge in [0, 0.05) is 48.0 Å². The van der Waals surface area contributed by atoms with E-state index in [0.29, 0.717) is 5.76 Å². The molecular formula is C26H33N3O2S. The van der Waals surface area contributed by atoms with E-state index in [-0.39, 0.29) is 11.9 Å². The molecule has 1 aromatic carbocycles. The summed E-state index contributed by atoms with van der Waals surface area (Å²) in [4.78, 5) is 17.5. The zero-order valence-electron chi connectivity index (χ0n) is 18.9. The molecule has 1 aliphatic carbocycles. The summed E-state index contributed by atoms with van der Waals surface area (Å²) in [5, 5.41) is 6.75. The molecule has 2 fully saturated rings. The molecule has 3 aromatic rings. The van der Waals surface area contributed by atoms with E-state index in [0.717, 1.165) is 50.7 Å². The largest absolute Gasteiger partial charge is 0.456 e. The lowest BCUT2D eigenvalue weighted by Crippen LogP contribution is -2.47. The summed E-state index contributed by atoms with van der Waals surface area (Å²) in [6.07, 6.45) is 5.85. The van der Waals surface area contributed by atoms with Crippen LogP contribution >= 0.6 is 11.3 Å². The molecule has 0 unspecified atom stereocenters. The second kappa shape index (κ2) is 9.67. The number of nitrogens with one attached hydrogen (secondary N) is 1. The van der Waals surface area contributed by atoms with Crippen LogP contribution in [0.25, 0.3) is 10.1 Å². The molecule has 2 aliphatic rings. The Bertz CT molecular complexity index is 1040. The highest BCUT2D eigenvalue weighted by molar-refractivity contribution is 7.17. The van der Waals surface area contributed by atoms with E-state index in [4.69, 9.17) is 4.42 Å². The lowest BCUT2D eigenvalue weighted by molar-refractivity contribution is 0.0890. The van der Waals surface area contributed by atoms with Crippen molar-refractivity contribution in [3.05, 3.63) is 53.3 Å². The topological polar surface area (TPSA) is 48.7 Å². The second-order valence-electron chi connectivity index (χ2n) is 9.33. The van der Waals surface area contributed by atoms with Crippen molar-refractivity contribution < 1.29 is 9.21 Å². The molecular weight excluding hydrogens is 418 g/mol. The number of thiophene rings is 1. The van der Waals surface area contributed by atoms with Crippen LogP contribution in [0.1, 0.15) is 48.4 Å². The van der Waals surface area contributed by atoms with Crippen LogP contribution in [0.2, 0.25) is 0 Å². The summed E-state index contributed by atoms with van der Waals surface area (Å²) in [6, 6.07) is 12.8. The summed E-state index contributed by atoms with van der Waals surface area (Å²) in [6.45, 7) is 7.58. The van der Waals surface area contributed by atoms with Crippen LogP contribution in [0, 0.1) is 12.8 Å². The molecule has 3 heterocycles. The average molecular weight is 452 g/mol. The van der Waals surface area contributed by atoms with Gasteiger partial charge in [0.2, 0.25) is 0 Å². The van der Waals surface area contributed by atoms with Gasteiger partial charge in [-0.05, 0) is 87.2 Å². The SMILES string of the molecule is Cc1ccc(C(=O)N[C@H]2CC[C@H](CCN3CCN(c4cccc5sccc45)CC3)CC2)o1. The number of rotatable bonds is 6. The molecule has 1 amide bonds. The molecule has 5 rings (SSSR count). The van der Waals surface area contributed by atoms with Gasteiger partial charge < -0.3 is 14.6 Å². The van der Waals surface area contributed by atoms with Gasteiger partial charge in [0.05, 0.1) is 0 Å². The number of benzene rings is 1. The number of amides is 1. The van der Waals surface area contributed by atoms with Crippen molar-refractivity contribution in [3.63, 3.8) is 0 Å². The number of carbonyl (C=O) groups is 1. The Morgan fingerprint density at radius 2 is 1.88 bits per heavy atom. The smallest absolute Gasteiger partial charge is 0.287 e. The second-order valence-corrected chi connectivity index (χ2v) is 10.3. The average Bonchev–Trinajstić information content (AvgIpc) is 3.48. The van der Waals surface area contributed by atoms with Gasteiger partial charge in [0.1, 0.15) is 5.76 Å². The molecule has 170 valence electrons. The summed E-state index contributed by atoms with van der Waals surface area (Å²) >= 11 is 1.83. The molecule has 0 spiro atoms. The van der Waals surface area contributed by atoms with Gasteiger partial charge in [0.15, 0.2) is 5.76 Å². The number of furan rings is 1. The zero-order valence-corrected chi connectivity index (χ0v) is 19.7. The molecule has 1 aliphatic heterocycles. The van der Waals surface area contributed by atoms with Gasteiger partial charge in [-0.3, -0.25) is 9.69 Å². The molecule has 0 radical (unpaired) electrons. The maximum absolute atomic E-state index is 12.3. The fourth-order valence-electron chi connectivity index (χ4n) is 5.24.